The van der Waals surface area contributed by atoms with Crippen molar-refractivity contribution in [3.05, 3.63) is 23.8 Å². The Balaban J connectivity index is 2.70. The third-order valence-electron chi connectivity index (χ3n) is 2.85. The molecule has 5 nitrogen and oxygen atoms in total. The maximum Gasteiger partial charge on any atom is 0.251 e. The van der Waals surface area contributed by atoms with Crippen LogP contribution < -0.4 is 14.8 Å². The maximum atomic E-state index is 12.0. The van der Waals surface area contributed by atoms with Crippen LogP contribution in [-0.4, -0.2) is 38.4 Å². The topological polar surface area (TPSA) is 67.8 Å². The fourth-order valence-electron chi connectivity index (χ4n) is 1.63. The number of nitrogens with one attached hydrogen (secondary N) is 1. The van der Waals surface area contributed by atoms with Crippen molar-refractivity contribution < 1.29 is 19.4 Å². The SMILES string of the molecule is COc1cc(OC)cc(C(=O)NCC(C)CCO)c1. The van der Waals surface area contributed by atoms with Gasteiger partial charge in [-0.05, 0) is 24.5 Å². The second-order valence-electron chi connectivity index (χ2n) is 4.43. The van der Waals surface area contributed by atoms with Gasteiger partial charge in [-0.1, -0.05) is 6.92 Å². The minimum Gasteiger partial charge on any atom is -0.497 e. The number of aliphatic hydroxyl groups is 1. The van der Waals surface area contributed by atoms with Crippen molar-refractivity contribution in [2.24, 2.45) is 5.92 Å². The molecule has 0 saturated heterocycles. The quantitative estimate of drug-likeness (QED) is 0.784. The highest BCUT2D eigenvalue weighted by molar-refractivity contribution is 5.95. The minimum absolute atomic E-state index is 0.129. The van der Waals surface area contributed by atoms with Gasteiger partial charge in [0.25, 0.3) is 5.91 Å². The van der Waals surface area contributed by atoms with E-state index in [2.05, 4.69) is 5.32 Å². The van der Waals surface area contributed by atoms with Crippen LogP contribution in [0.4, 0.5) is 0 Å². The van der Waals surface area contributed by atoms with Crippen molar-refractivity contribution in [3.63, 3.8) is 0 Å². The third-order valence-corrected chi connectivity index (χ3v) is 2.85. The zero-order chi connectivity index (χ0) is 14.3. The highest BCUT2D eigenvalue weighted by atomic mass is 16.5. The predicted octanol–water partition coefficient (Wildman–Crippen LogP) is 1.45. The van der Waals surface area contributed by atoms with Gasteiger partial charge >= 0.3 is 0 Å². The van der Waals surface area contributed by atoms with Crippen molar-refractivity contribution in [1.29, 1.82) is 0 Å². The molecule has 0 fully saturated rings. The summed E-state index contributed by atoms with van der Waals surface area (Å²) in [5.41, 5.74) is 0.493. The van der Waals surface area contributed by atoms with Gasteiger partial charge in [0.05, 0.1) is 14.2 Å². The standard InChI is InChI=1S/C14H21NO4/c1-10(4-5-16)9-15-14(17)11-6-12(18-2)8-13(7-11)19-3/h6-8,10,16H,4-5,9H2,1-3H3,(H,15,17). The second kappa shape index (κ2) is 7.63. The first-order valence-corrected chi connectivity index (χ1v) is 6.22. The first-order chi connectivity index (χ1) is 9.10. The number of hydrogen-bond acceptors (Lipinski definition) is 4. The summed E-state index contributed by atoms with van der Waals surface area (Å²) < 4.78 is 10.2. The Kier molecular flexibility index (Phi) is 6.15. The van der Waals surface area contributed by atoms with E-state index in [0.29, 0.717) is 30.0 Å². The van der Waals surface area contributed by atoms with Gasteiger partial charge in [-0.15, -0.1) is 0 Å². The van der Waals surface area contributed by atoms with Gasteiger partial charge in [0.15, 0.2) is 0 Å². The molecule has 1 aromatic carbocycles. The molecule has 1 amide bonds. The van der Waals surface area contributed by atoms with Crippen LogP contribution in [0.5, 0.6) is 11.5 Å². The monoisotopic (exact) mass is 267 g/mol. The summed E-state index contributed by atoms with van der Waals surface area (Å²) in [6.07, 6.45) is 0.668. The van der Waals surface area contributed by atoms with E-state index in [1.807, 2.05) is 6.92 Å². The molecule has 1 unspecified atom stereocenters. The Hall–Kier alpha value is -1.75. The largest absolute Gasteiger partial charge is 0.497 e. The highest BCUT2D eigenvalue weighted by Gasteiger charge is 2.11. The molecule has 1 atom stereocenters. The smallest absolute Gasteiger partial charge is 0.251 e. The van der Waals surface area contributed by atoms with E-state index in [0.717, 1.165) is 0 Å². The summed E-state index contributed by atoms with van der Waals surface area (Å²) in [6.45, 7) is 2.63. The molecule has 0 radical (unpaired) electrons. The number of carbonyl (C=O) groups excluding carboxylic acids is 1. The van der Waals surface area contributed by atoms with Crippen LogP contribution in [0.2, 0.25) is 0 Å². The lowest BCUT2D eigenvalue weighted by Crippen LogP contribution is -2.28. The van der Waals surface area contributed by atoms with Crippen molar-refractivity contribution in [3.8, 4) is 11.5 Å². The van der Waals surface area contributed by atoms with E-state index in [1.165, 1.54) is 0 Å². The van der Waals surface area contributed by atoms with Crippen LogP contribution in [-0.2, 0) is 0 Å². The molecule has 5 heteroatoms. The van der Waals surface area contributed by atoms with Crippen molar-refractivity contribution >= 4 is 5.91 Å². The van der Waals surface area contributed by atoms with Gasteiger partial charge in [-0.25, -0.2) is 0 Å². The zero-order valence-electron chi connectivity index (χ0n) is 11.6. The first-order valence-electron chi connectivity index (χ1n) is 6.22. The van der Waals surface area contributed by atoms with Crippen LogP contribution in [0.15, 0.2) is 18.2 Å². The number of ether oxygens (including phenoxy) is 2. The maximum absolute atomic E-state index is 12.0. The Morgan fingerprint density at radius 1 is 1.26 bits per heavy atom. The summed E-state index contributed by atoms with van der Waals surface area (Å²) in [7, 11) is 3.08. The van der Waals surface area contributed by atoms with Crippen LogP contribution in [0.3, 0.4) is 0 Å². The minimum atomic E-state index is -0.179. The highest BCUT2D eigenvalue weighted by Crippen LogP contribution is 2.22. The number of carbonyl (C=O) groups is 1. The normalized spacial score (nSPS) is 11.8. The van der Waals surface area contributed by atoms with Gasteiger partial charge in [-0.3, -0.25) is 4.79 Å². The first kappa shape index (κ1) is 15.3. The summed E-state index contributed by atoms with van der Waals surface area (Å²) in [4.78, 5) is 12.0. The summed E-state index contributed by atoms with van der Waals surface area (Å²) in [5.74, 6) is 1.21. The number of amides is 1. The van der Waals surface area contributed by atoms with E-state index in [-0.39, 0.29) is 18.4 Å². The Morgan fingerprint density at radius 3 is 2.32 bits per heavy atom. The van der Waals surface area contributed by atoms with E-state index in [1.54, 1.807) is 32.4 Å². The fourth-order valence-corrected chi connectivity index (χ4v) is 1.63. The summed E-state index contributed by atoms with van der Waals surface area (Å²) >= 11 is 0. The molecule has 1 rings (SSSR count). The molecule has 0 bridgehead atoms. The molecule has 0 aliphatic carbocycles. The molecule has 2 N–H and O–H groups in total. The van der Waals surface area contributed by atoms with Gasteiger partial charge < -0.3 is 19.9 Å². The van der Waals surface area contributed by atoms with Crippen LogP contribution in [0.25, 0.3) is 0 Å². The second-order valence-corrected chi connectivity index (χ2v) is 4.43. The number of methoxy groups -OCH3 is 2. The van der Waals surface area contributed by atoms with Gasteiger partial charge in [0, 0.05) is 24.8 Å². The molecule has 106 valence electrons. The number of benzene rings is 1. The van der Waals surface area contributed by atoms with Crippen molar-refractivity contribution in [2.75, 3.05) is 27.4 Å². The number of rotatable bonds is 7. The molecule has 0 spiro atoms. The van der Waals surface area contributed by atoms with Gasteiger partial charge in [-0.2, -0.15) is 0 Å². The average molecular weight is 267 g/mol. The Morgan fingerprint density at radius 2 is 1.84 bits per heavy atom. The summed E-state index contributed by atoms with van der Waals surface area (Å²) in [6, 6.07) is 5.04. The fraction of sp³-hybridized carbons (Fsp3) is 0.500. The lowest BCUT2D eigenvalue weighted by atomic mass is 10.1. The van der Waals surface area contributed by atoms with Crippen molar-refractivity contribution in [2.45, 2.75) is 13.3 Å². The molecule has 0 saturated carbocycles. The Labute approximate surface area is 113 Å². The Bertz CT molecular complexity index is 398. The number of hydrogen-bond donors (Lipinski definition) is 2. The van der Waals surface area contributed by atoms with E-state index >= 15 is 0 Å². The molecule has 19 heavy (non-hydrogen) atoms. The van der Waals surface area contributed by atoms with Gasteiger partial charge in [0.1, 0.15) is 11.5 Å². The molecule has 0 aliphatic heterocycles. The van der Waals surface area contributed by atoms with E-state index < -0.39 is 0 Å². The van der Waals surface area contributed by atoms with Crippen LogP contribution in [0.1, 0.15) is 23.7 Å². The lowest BCUT2D eigenvalue weighted by Gasteiger charge is -2.12. The van der Waals surface area contributed by atoms with Crippen LogP contribution in [0, 0.1) is 5.92 Å². The molecule has 0 heterocycles. The molecular formula is C14H21NO4. The van der Waals surface area contributed by atoms with Gasteiger partial charge in [0.2, 0.25) is 0 Å². The van der Waals surface area contributed by atoms with Crippen molar-refractivity contribution in [1.82, 2.24) is 5.32 Å². The third kappa shape index (κ3) is 4.79. The van der Waals surface area contributed by atoms with Crippen LogP contribution >= 0.6 is 0 Å². The average Bonchev–Trinajstić information content (AvgIpc) is 2.44. The van der Waals surface area contributed by atoms with E-state index in [9.17, 15) is 4.79 Å². The predicted molar refractivity (Wildman–Crippen MR) is 72.7 cm³/mol. The van der Waals surface area contributed by atoms with E-state index in [4.69, 9.17) is 14.6 Å². The molecule has 0 aromatic heterocycles. The lowest BCUT2D eigenvalue weighted by molar-refractivity contribution is 0.0944. The molecular weight excluding hydrogens is 246 g/mol. The summed E-state index contributed by atoms with van der Waals surface area (Å²) in [5, 5.41) is 11.6. The molecule has 1 aromatic rings. The zero-order valence-corrected chi connectivity index (χ0v) is 11.6. The number of aliphatic hydroxyl groups excluding tert-OH is 1. The molecule has 0 aliphatic rings.